The molecule has 2 rings (SSSR count). The van der Waals surface area contributed by atoms with E-state index in [1.54, 1.807) is 6.07 Å². The molecule has 1 saturated heterocycles. The van der Waals surface area contributed by atoms with Crippen LogP contribution in [0.15, 0.2) is 18.2 Å². The Morgan fingerprint density at radius 1 is 1.53 bits per heavy atom. The van der Waals surface area contributed by atoms with Crippen molar-refractivity contribution >= 4 is 5.69 Å². The van der Waals surface area contributed by atoms with Crippen LogP contribution in [0.4, 0.5) is 10.1 Å². The molecule has 1 aliphatic heterocycles. The smallest absolute Gasteiger partial charge is 0.125 e. The molecule has 0 saturated carbocycles. The maximum Gasteiger partial charge on any atom is 0.125 e. The van der Waals surface area contributed by atoms with E-state index in [4.69, 9.17) is 10.5 Å². The van der Waals surface area contributed by atoms with Crippen LogP contribution in [0, 0.1) is 5.82 Å². The molecule has 1 aromatic carbocycles. The Bertz CT molecular complexity index is 378. The second-order valence-corrected chi connectivity index (χ2v) is 4.67. The van der Waals surface area contributed by atoms with Crippen LogP contribution in [-0.4, -0.2) is 31.2 Å². The fraction of sp³-hybridized carbons (Fsp3) is 0.538. The number of halogens is 1. The van der Waals surface area contributed by atoms with E-state index in [0.29, 0.717) is 11.8 Å². The van der Waals surface area contributed by atoms with E-state index in [0.717, 1.165) is 38.1 Å². The zero-order chi connectivity index (χ0) is 12.3. The summed E-state index contributed by atoms with van der Waals surface area (Å²) >= 11 is 0. The molecule has 0 aromatic heterocycles. The number of hydrogen-bond acceptors (Lipinski definition) is 3. The summed E-state index contributed by atoms with van der Waals surface area (Å²) < 4.78 is 18.5. The van der Waals surface area contributed by atoms with E-state index < -0.39 is 0 Å². The summed E-state index contributed by atoms with van der Waals surface area (Å²) in [6, 6.07) is 4.57. The van der Waals surface area contributed by atoms with Crippen molar-refractivity contribution in [3.8, 4) is 0 Å². The summed E-state index contributed by atoms with van der Waals surface area (Å²) in [6.07, 6.45) is 2.61. The van der Waals surface area contributed by atoms with Crippen LogP contribution in [0.25, 0.3) is 0 Å². The quantitative estimate of drug-likeness (QED) is 0.816. The Balaban J connectivity index is 1.90. The molecule has 0 spiro atoms. The Morgan fingerprint density at radius 2 is 2.35 bits per heavy atom. The van der Waals surface area contributed by atoms with Gasteiger partial charge in [-0.3, -0.25) is 4.90 Å². The Morgan fingerprint density at radius 3 is 3.00 bits per heavy atom. The highest BCUT2D eigenvalue weighted by Crippen LogP contribution is 2.17. The predicted octanol–water partition coefficient (Wildman–Crippen LogP) is 2.02. The number of nitrogen functional groups attached to an aromatic ring is 1. The third-order valence-corrected chi connectivity index (χ3v) is 3.09. The van der Waals surface area contributed by atoms with Gasteiger partial charge < -0.3 is 10.5 Å². The highest BCUT2D eigenvalue weighted by molar-refractivity contribution is 5.46. The van der Waals surface area contributed by atoms with Crippen molar-refractivity contribution < 1.29 is 9.13 Å². The first-order chi connectivity index (χ1) is 8.15. The van der Waals surface area contributed by atoms with Crippen LogP contribution in [0.1, 0.15) is 18.4 Å². The molecule has 1 aliphatic rings. The first kappa shape index (κ1) is 12.3. The third-order valence-electron chi connectivity index (χ3n) is 3.09. The lowest BCUT2D eigenvalue weighted by molar-refractivity contribution is 0.0793. The normalized spacial score (nSPS) is 20.1. The molecule has 0 bridgehead atoms. The zero-order valence-corrected chi connectivity index (χ0v) is 10.2. The van der Waals surface area contributed by atoms with Gasteiger partial charge in [0, 0.05) is 25.4 Å². The first-order valence-electron chi connectivity index (χ1n) is 5.99. The second kappa shape index (κ2) is 5.47. The maximum absolute atomic E-state index is 12.9. The maximum atomic E-state index is 12.9. The van der Waals surface area contributed by atoms with E-state index in [1.807, 2.05) is 7.05 Å². The van der Waals surface area contributed by atoms with Gasteiger partial charge in [0.15, 0.2) is 0 Å². The molecular formula is C13H19FN2O. The number of hydrogen-bond donors (Lipinski definition) is 1. The molecule has 1 atom stereocenters. The summed E-state index contributed by atoms with van der Waals surface area (Å²) in [5.41, 5.74) is 7.26. The van der Waals surface area contributed by atoms with E-state index in [1.165, 1.54) is 12.1 Å². The largest absolute Gasteiger partial charge is 0.398 e. The standard InChI is InChI=1S/C13H19FN2O/c1-16(9-12-3-2-6-17-12)8-10-4-5-11(14)7-13(10)15/h4-5,7,12H,2-3,6,8-9,15H2,1H3. The molecule has 4 heteroatoms. The lowest BCUT2D eigenvalue weighted by Crippen LogP contribution is -2.28. The molecule has 3 nitrogen and oxygen atoms in total. The molecule has 17 heavy (non-hydrogen) atoms. The predicted molar refractivity (Wildman–Crippen MR) is 66.1 cm³/mol. The van der Waals surface area contributed by atoms with Gasteiger partial charge in [0.1, 0.15) is 5.82 Å². The van der Waals surface area contributed by atoms with E-state index in [-0.39, 0.29) is 5.82 Å². The molecule has 1 heterocycles. The number of nitrogens with two attached hydrogens (primary N) is 1. The molecule has 2 N–H and O–H groups in total. The Labute approximate surface area is 101 Å². The minimum atomic E-state index is -0.284. The average Bonchev–Trinajstić information content (AvgIpc) is 2.75. The van der Waals surface area contributed by atoms with Gasteiger partial charge in [-0.1, -0.05) is 6.07 Å². The van der Waals surface area contributed by atoms with Crippen LogP contribution >= 0.6 is 0 Å². The van der Waals surface area contributed by atoms with Crippen molar-refractivity contribution in [3.63, 3.8) is 0 Å². The summed E-state index contributed by atoms with van der Waals surface area (Å²) in [7, 11) is 2.03. The van der Waals surface area contributed by atoms with Crippen molar-refractivity contribution in [2.45, 2.75) is 25.5 Å². The number of likely N-dealkylation sites (N-methyl/N-ethyl adjacent to an activating group) is 1. The Kier molecular flexibility index (Phi) is 3.97. The molecule has 1 fully saturated rings. The number of nitrogens with zero attached hydrogens (tertiary/aromatic N) is 1. The van der Waals surface area contributed by atoms with Gasteiger partial charge in [0.05, 0.1) is 6.10 Å². The highest BCUT2D eigenvalue weighted by Gasteiger charge is 2.17. The number of ether oxygens (including phenoxy) is 1. The topological polar surface area (TPSA) is 38.5 Å². The SMILES string of the molecule is CN(Cc1ccc(F)cc1N)CC1CCCO1. The summed E-state index contributed by atoms with van der Waals surface area (Å²) in [5, 5.41) is 0. The Hall–Kier alpha value is -1.13. The van der Waals surface area contributed by atoms with Gasteiger partial charge in [0.25, 0.3) is 0 Å². The van der Waals surface area contributed by atoms with Gasteiger partial charge in [-0.25, -0.2) is 4.39 Å². The molecular weight excluding hydrogens is 219 g/mol. The zero-order valence-electron chi connectivity index (χ0n) is 10.2. The molecule has 1 aromatic rings. The fourth-order valence-electron chi connectivity index (χ4n) is 2.20. The summed E-state index contributed by atoms with van der Waals surface area (Å²) in [5.74, 6) is -0.284. The molecule has 0 amide bonds. The van der Waals surface area contributed by atoms with Crippen molar-refractivity contribution in [1.29, 1.82) is 0 Å². The number of benzene rings is 1. The summed E-state index contributed by atoms with van der Waals surface area (Å²) in [4.78, 5) is 2.17. The monoisotopic (exact) mass is 238 g/mol. The van der Waals surface area contributed by atoms with Gasteiger partial charge in [-0.05, 0) is 37.6 Å². The van der Waals surface area contributed by atoms with Crippen LogP contribution in [0.2, 0.25) is 0 Å². The van der Waals surface area contributed by atoms with E-state index in [2.05, 4.69) is 4.90 Å². The van der Waals surface area contributed by atoms with E-state index in [9.17, 15) is 4.39 Å². The van der Waals surface area contributed by atoms with E-state index >= 15 is 0 Å². The van der Waals surface area contributed by atoms with Crippen LogP contribution in [0.5, 0.6) is 0 Å². The second-order valence-electron chi connectivity index (χ2n) is 4.67. The molecule has 0 aliphatic carbocycles. The lowest BCUT2D eigenvalue weighted by atomic mass is 10.1. The van der Waals surface area contributed by atoms with Crippen LogP contribution < -0.4 is 5.73 Å². The van der Waals surface area contributed by atoms with Crippen molar-refractivity contribution in [2.24, 2.45) is 0 Å². The van der Waals surface area contributed by atoms with Gasteiger partial charge in [-0.2, -0.15) is 0 Å². The lowest BCUT2D eigenvalue weighted by Gasteiger charge is -2.21. The minimum absolute atomic E-state index is 0.284. The van der Waals surface area contributed by atoms with Crippen molar-refractivity contribution in [2.75, 3.05) is 25.9 Å². The number of anilines is 1. The van der Waals surface area contributed by atoms with Crippen molar-refractivity contribution in [3.05, 3.63) is 29.6 Å². The molecule has 0 radical (unpaired) electrons. The van der Waals surface area contributed by atoms with Gasteiger partial charge in [-0.15, -0.1) is 0 Å². The third kappa shape index (κ3) is 3.41. The van der Waals surface area contributed by atoms with Crippen LogP contribution in [-0.2, 0) is 11.3 Å². The first-order valence-corrected chi connectivity index (χ1v) is 5.99. The molecule has 1 unspecified atom stereocenters. The summed E-state index contributed by atoms with van der Waals surface area (Å²) in [6.45, 7) is 2.50. The van der Waals surface area contributed by atoms with Gasteiger partial charge >= 0.3 is 0 Å². The molecule has 94 valence electrons. The average molecular weight is 238 g/mol. The highest BCUT2D eigenvalue weighted by atomic mass is 19.1. The minimum Gasteiger partial charge on any atom is -0.398 e. The van der Waals surface area contributed by atoms with Crippen molar-refractivity contribution in [1.82, 2.24) is 4.90 Å². The van der Waals surface area contributed by atoms with Crippen LogP contribution in [0.3, 0.4) is 0 Å². The fourth-order valence-corrected chi connectivity index (χ4v) is 2.20. The van der Waals surface area contributed by atoms with Gasteiger partial charge in [0.2, 0.25) is 0 Å². The number of rotatable bonds is 4.